The van der Waals surface area contributed by atoms with E-state index in [0.29, 0.717) is 18.1 Å². The molecule has 0 aliphatic carbocycles. The van der Waals surface area contributed by atoms with Crippen LogP contribution >= 0.6 is 0 Å². The van der Waals surface area contributed by atoms with Crippen LogP contribution in [0.3, 0.4) is 0 Å². The molecule has 0 bridgehead atoms. The Morgan fingerprint density at radius 2 is 1.71 bits per heavy atom. The van der Waals surface area contributed by atoms with Crippen molar-refractivity contribution in [3.8, 4) is 22.6 Å². The fraction of sp³-hybridized carbons (Fsp3) is 0.150. The van der Waals surface area contributed by atoms with Gasteiger partial charge in [0.2, 0.25) is 0 Å². The summed E-state index contributed by atoms with van der Waals surface area (Å²) in [6.45, 7) is 4.10. The van der Waals surface area contributed by atoms with Crippen molar-refractivity contribution < 1.29 is 9.53 Å². The molecule has 4 nitrogen and oxygen atoms in total. The number of carbonyl (C=O) groups excluding carboxylic acids is 1. The van der Waals surface area contributed by atoms with Crippen LogP contribution in [-0.2, 0) is 4.74 Å². The Hall–Kier alpha value is -3.01. The van der Waals surface area contributed by atoms with E-state index in [1.807, 2.05) is 61.5 Å². The summed E-state index contributed by atoms with van der Waals surface area (Å²) in [5.41, 5.74) is 3.90. The standard InChI is InChI=1S/C20H18N2O2/c1-3-24-20(23)18-13-17(16-12-8-7-9-14(16)2)21-19(22-18)15-10-5-4-6-11-15/h4-13H,3H2,1-2H3. The van der Waals surface area contributed by atoms with Gasteiger partial charge in [-0.05, 0) is 25.5 Å². The van der Waals surface area contributed by atoms with Crippen LogP contribution in [0, 0.1) is 6.92 Å². The quantitative estimate of drug-likeness (QED) is 0.673. The number of hydrogen-bond acceptors (Lipinski definition) is 4. The molecule has 1 heterocycles. The van der Waals surface area contributed by atoms with E-state index in [4.69, 9.17) is 4.74 Å². The second-order valence-corrected chi connectivity index (χ2v) is 5.36. The lowest BCUT2D eigenvalue weighted by molar-refractivity contribution is 0.0519. The van der Waals surface area contributed by atoms with Gasteiger partial charge in [-0.25, -0.2) is 14.8 Å². The van der Waals surface area contributed by atoms with Crippen LogP contribution < -0.4 is 0 Å². The van der Waals surface area contributed by atoms with E-state index < -0.39 is 5.97 Å². The first-order valence-electron chi connectivity index (χ1n) is 7.86. The SMILES string of the molecule is CCOC(=O)c1cc(-c2ccccc2C)nc(-c2ccccc2)n1. The molecule has 3 aromatic rings. The van der Waals surface area contributed by atoms with Crippen LogP contribution in [0.2, 0.25) is 0 Å². The molecule has 0 atom stereocenters. The van der Waals surface area contributed by atoms with Crippen molar-refractivity contribution in [3.63, 3.8) is 0 Å². The average molecular weight is 318 g/mol. The Kier molecular flexibility index (Phi) is 4.66. The largest absolute Gasteiger partial charge is 0.461 e. The molecule has 0 N–H and O–H groups in total. The van der Waals surface area contributed by atoms with Gasteiger partial charge in [0.05, 0.1) is 12.3 Å². The zero-order chi connectivity index (χ0) is 16.9. The molecule has 4 heteroatoms. The summed E-state index contributed by atoms with van der Waals surface area (Å²) in [5, 5.41) is 0. The molecule has 0 amide bonds. The topological polar surface area (TPSA) is 52.1 Å². The molecule has 0 aliphatic rings. The lowest BCUT2D eigenvalue weighted by Gasteiger charge is -2.10. The number of ether oxygens (including phenoxy) is 1. The molecule has 2 aromatic carbocycles. The Bertz CT molecular complexity index is 861. The summed E-state index contributed by atoms with van der Waals surface area (Å²) < 4.78 is 5.11. The Morgan fingerprint density at radius 3 is 2.42 bits per heavy atom. The molecule has 0 aliphatic heterocycles. The predicted octanol–water partition coefficient (Wildman–Crippen LogP) is 4.30. The highest BCUT2D eigenvalue weighted by Gasteiger charge is 2.15. The van der Waals surface area contributed by atoms with Crippen LogP contribution in [0.15, 0.2) is 60.7 Å². The van der Waals surface area contributed by atoms with E-state index in [2.05, 4.69) is 9.97 Å². The van der Waals surface area contributed by atoms with Gasteiger partial charge in [0, 0.05) is 11.1 Å². The highest BCUT2D eigenvalue weighted by Crippen LogP contribution is 2.25. The van der Waals surface area contributed by atoms with Gasteiger partial charge in [0.25, 0.3) is 0 Å². The van der Waals surface area contributed by atoms with E-state index in [0.717, 1.165) is 16.7 Å². The van der Waals surface area contributed by atoms with Gasteiger partial charge >= 0.3 is 5.97 Å². The predicted molar refractivity (Wildman–Crippen MR) is 93.6 cm³/mol. The zero-order valence-electron chi connectivity index (χ0n) is 13.7. The van der Waals surface area contributed by atoms with Crippen molar-refractivity contribution in [2.24, 2.45) is 0 Å². The lowest BCUT2D eigenvalue weighted by atomic mass is 10.0. The number of aromatic nitrogens is 2. The highest BCUT2D eigenvalue weighted by molar-refractivity contribution is 5.89. The maximum absolute atomic E-state index is 12.2. The minimum Gasteiger partial charge on any atom is -0.461 e. The van der Waals surface area contributed by atoms with Gasteiger partial charge < -0.3 is 4.74 Å². The molecule has 3 rings (SSSR count). The molecule has 0 fully saturated rings. The third-order valence-electron chi connectivity index (χ3n) is 3.66. The third kappa shape index (κ3) is 3.33. The molecule has 0 saturated carbocycles. The Morgan fingerprint density at radius 1 is 1.00 bits per heavy atom. The van der Waals surface area contributed by atoms with Gasteiger partial charge in [-0.15, -0.1) is 0 Å². The van der Waals surface area contributed by atoms with Crippen molar-refractivity contribution in [1.82, 2.24) is 9.97 Å². The maximum atomic E-state index is 12.2. The number of nitrogens with zero attached hydrogens (tertiary/aromatic N) is 2. The molecule has 0 saturated heterocycles. The summed E-state index contributed by atoms with van der Waals surface area (Å²) >= 11 is 0. The number of carbonyl (C=O) groups is 1. The molecule has 0 unspecified atom stereocenters. The maximum Gasteiger partial charge on any atom is 0.357 e. The first-order valence-corrected chi connectivity index (χ1v) is 7.86. The summed E-state index contributed by atoms with van der Waals surface area (Å²) in [5.74, 6) is 0.0753. The molecule has 24 heavy (non-hydrogen) atoms. The molecular weight excluding hydrogens is 300 g/mol. The summed E-state index contributed by atoms with van der Waals surface area (Å²) in [6, 6.07) is 19.2. The van der Waals surface area contributed by atoms with Crippen molar-refractivity contribution >= 4 is 5.97 Å². The van der Waals surface area contributed by atoms with E-state index in [1.54, 1.807) is 13.0 Å². The number of benzene rings is 2. The van der Waals surface area contributed by atoms with Crippen LogP contribution in [0.1, 0.15) is 23.0 Å². The van der Waals surface area contributed by atoms with Gasteiger partial charge in [-0.2, -0.15) is 0 Å². The highest BCUT2D eigenvalue weighted by atomic mass is 16.5. The van der Waals surface area contributed by atoms with E-state index >= 15 is 0 Å². The Labute approximate surface area is 141 Å². The number of aryl methyl sites for hydroxylation is 1. The summed E-state index contributed by atoms with van der Waals surface area (Å²) in [7, 11) is 0. The van der Waals surface area contributed by atoms with Gasteiger partial charge in [-0.3, -0.25) is 0 Å². The smallest absolute Gasteiger partial charge is 0.357 e. The van der Waals surface area contributed by atoms with Crippen molar-refractivity contribution in [1.29, 1.82) is 0 Å². The van der Waals surface area contributed by atoms with Crippen LogP contribution in [0.4, 0.5) is 0 Å². The molecule has 0 spiro atoms. The van der Waals surface area contributed by atoms with E-state index in [-0.39, 0.29) is 5.69 Å². The summed E-state index contributed by atoms with van der Waals surface area (Å²) in [6.07, 6.45) is 0. The first-order chi connectivity index (χ1) is 11.7. The Balaban J connectivity index is 2.17. The number of rotatable bonds is 4. The number of hydrogen-bond donors (Lipinski definition) is 0. The first kappa shape index (κ1) is 15.9. The van der Waals surface area contributed by atoms with Crippen LogP contribution in [0.25, 0.3) is 22.6 Å². The zero-order valence-corrected chi connectivity index (χ0v) is 13.7. The van der Waals surface area contributed by atoms with Gasteiger partial charge in [0.15, 0.2) is 11.5 Å². The average Bonchev–Trinajstić information content (AvgIpc) is 2.62. The summed E-state index contributed by atoms with van der Waals surface area (Å²) in [4.78, 5) is 21.2. The van der Waals surface area contributed by atoms with E-state index in [1.165, 1.54) is 0 Å². The van der Waals surface area contributed by atoms with Crippen LogP contribution in [-0.4, -0.2) is 22.5 Å². The fourth-order valence-electron chi connectivity index (χ4n) is 2.47. The monoisotopic (exact) mass is 318 g/mol. The van der Waals surface area contributed by atoms with Gasteiger partial charge in [-0.1, -0.05) is 54.6 Å². The molecular formula is C20H18N2O2. The fourth-order valence-corrected chi connectivity index (χ4v) is 2.47. The number of esters is 1. The molecule has 1 aromatic heterocycles. The van der Waals surface area contributed by atoms with Gasteiger partial charge in [0.1, 0.15) is 0 Å². The van der Waals surface area contributed by atoms with Crippen LogP contribution in [0.5, 0.6) is 0 Å². The minimum absolute atomic E-state index is 0.268. The third-order valence-corrected chi connectivity index (χ3v) is 3.66. The van der Waals surface area contributed by atoms with Crippen molar-refractivity contribution in [2.45, 2.75) is 13.8 Å². The molecule has 0 radical (unpaired) electrons. The minimum atomic E-state index is -0.438. The normalized spacial score (nSPS) is 10.4. The second-order valence-electron chi connectivity index (χ2n) is 5.36. The lowest BCUT2D eigenvalue weighted by Crippen LogP contribution is -2.09. The van der Waals surface area contributed by atoms with Crippen molar-refractivity contribution in [3.05, 3.63) is 71.9 Å². The van der Waals surface area contributed by atoms with E-state index in [9.17, 15) is 4.79 Å². The second kappa shape index (κ2) is 7.04. The van der Waals surface area contributed by atoms with Crippen molar-refractivity contribution in [2.75, 3.05) is 6.61 Å². The molecule has 120 valence electrons.